The normalized spacial score (nSPS) is 12.8. The van der Waals surface area contributed by atoms with E-state index in [9.17, 15) is 18.0 Å². The maximum atomic E-state index is 14.2. The lowest BCUT2D eigenvalue weighted by molar-refractivity contribution is -0.140. The zero-order valence-electron chi connectivity index (χ0n) is 24.3. The molecule has 8 heteroatoms. The Balaban J connectivity index is 2.09. The number of carbonyl (C=O) groups excluding carboxylic acids is 2. The van der Waals surface area contributed by atoms with E-state index < -0.39 is 28.5 Å². The van der Waals surface area contributed by atoms with Crippen LogP contribution < -0.4 is 9.62 Å². The summed E-state index contributed by atoms with van der Waals surface area (Å²) in [5.74, 6) is -0.698. The summed E-state index contributed by atoms with van der Waals surface area (Å²) in [6.45, 7) is 11.2. The van der Waals surface area contributed by atoms with E-state index in [1.54, 1.807) is 30.3 Å². The van der Waals surface area contributed by atoms with Crippen LogP contribution >= 0.6 is 0 Å². The maximum Gasteiger partial charge on any atom is 0.264 e. The molecule has 7 nitrogen and oxygen atoms in total. The van der Waals surface area contributed by atoms with Gasteiger partial charge in [0.05, 0.1) is 10.6 Å². The molecular weight excluding hydrogens is 522 g/mol. The highest BCUT2D eigenvalue weighted by Gasteiger charge is 2.34. The molecule has 2 unspecified atom stereocenters. The van der Waals surface area contributed by atoms with Gasteiger partial charge in [-0.05, 0) is 87.1 Å². The van der Waals surface area contributed by atoms with E-state index in [0.717, 1.165) is 33.0 Å². The number of aryl methyl sites for hydroxylation is 3. The molecule has 3 aromatic rings. The molecule has 0 aromatic heterocycles. The molecule has 0 bridgehead atoms. The van der Waals surface area contributed by atoms with E-state index in [0.29, 0.717) is 12.1 Å². The first-order chi connectivity index (χ1) is 19.0. The van der Waals surface area contributed by atoms with Gasteiger partial charge >= 0.3 is 0 Å². The monoisotopic (exact) mass is 563 g/mol. The Bertz CT molecular complexity index is 1400. The van der Waals surface area contributed by atoms with E-state index in [4.69, 9.17) is 0 Å². The largest absolute Gasteiger partial charge is 0.352 e. The highest BCUT2D eigenvalue weighted by atomic mass is 32.2. The summed E-state index contributed by atoms with van der Waals surface area (Å²) in [5.41, 5.74) is 4.05. The van der Waals surface area contributed by atoms with E-state index in [1.165, 1.54) is 17.0 Å². The lowest BCUT2D eigenvalue weighted by Gasteiger charge is -2.34. The standard InChI is InChI=1S/C32H41N3O4S/c1-7-26(6)33-32(37)30(8-2)34(21-27-15-13-12-14-25(27)5)31(36)22-35(28-19-23(3)18-24(4)20-28)40(38,39)29-16-10-9-11-17-29/h9-20,26,30H,7-8,21-22H2,1-6H3,(H,33,37). The second-order valence-electron chi connectivity index (χ2n) is 10.4. The van der Waals surface area contributed by atoms with Crippen molar-refractivity contribution in [3.8, 4) is 0 Å². The van der Waals surface area contributed by atoms with Crippen molar-refractivity contribution in [2.24, 2.45) is 0 Å². The number of nitrogens with one attached hydrogen (secondary N) is 1. The van der Waals surface area contributed by atoms with Crippen LogP contribution in [0.4, 0.5) is 5.69 Å². The molecule has 2 atom stereocenters. The summed E-state index contributed by atoms with van der Waals surface area (Å²) in [6.07, 6.45) is 1.14. The summed E-state index contributed by atoms with van der Waals surface area (Å²) in [6, 6.07) is 20.5. The lowest BCUT2D eigenvalue weighted by Crippen LogP contribution is -2.53. The zero-order valence-corrected chi connectivity index (χ0v) is 25.2. The zero-order chi connectivity index (χ0) is 29.4. The van der Waals surface area contributed by atoms with Crippen LogP contribution in [0, 0.1) is 20.8 Å². The molecule has 0 aliphatic rings. The molecule has 3 aromatic carbocycles. The van der Waals surface area contributed by atoms with Crippen LogP contribution in [0.25, 0.3) is 0 Å². The lowest BCUT2D eigenvalue weighted by atomic mass is 10.1. The van der Waals surface area contributed by atoms with Gasteiger partial charge in [-0.1, -0.05) is 62.4 Å². The molecule has 2 amide bonds. The Labute approximate surface area is 239 Å². The predicted octanol–water partition coefficient (Wildman–Crippen LogP) is 5.53. The first kappa shape index (κ1) is 30.9. The number of nitrogens with zero attached hydrogens (tertiary/aromatic N) is 2. The van der Waals surface area contributed by atoms with Crippen LogP contribution in [0.2, 0.25) is 0 Å². The molecule has 0 aliphatic carbocycles. The average Bonchev–Trinajstić information content (AvgIpc) is 2.92. The van der Waals surface area contributed by atoms with Crippen LogP contribution in [0.1, 0.15) is 55.9 Å². The van der Waals surface area contributed by atoms with Crippen molar-refractivity contribution in [1.82, 2.24) is 10.2 Å². The minimum absolute atomic E-state index is 0.0535. The van der Waals surface area contributed by atoms with Gasteiger partial charge in [0.25, 0.3) is 10.0 Å². The van der Waals surface area contributed by atoms with Gasteiger partial charge in [0.15, 0.2) is 0 Å². The molecule has 1 N–H and O–H groups in total. The minimum atomic E-state index is -4.09. The van der Waals surface area contributed by atoms with Gasteiger partial charge in [-0.15, -0.1) is 0 Å². The molecule has 3 rings (SSSR count). The van der Waals surface area contributed by atoms with E-state index in [1.807, 2.05) is 71.9 Å². The fourth-order valence-corrected chi connectivity index (χ4v) is 6.09. The number of sulfonamides is 1. The Hall–Kier alpha value is -3.65. The summed E-state index contributed by atoms with van der Waals surface area (Å²) >= 11 is 0. The van der Waals surface area contributed by atoms with Crippen LogP contribution in [0.15, 0.2) is 77.7 Å². The number of benzene rings is 3. The summed E-state index contributed by atoms with van der Waals surface area (Å²) in [7, 11) is -4.09. The number of amides is 2. The third-order valence-electron chi connectivity index (χ3n) is 7.09. The van der Waals surface area contributed by atoms with Crippen LogP contribution in [0.5, 0.6) is 0 Å². The summed E-state index contributed by atoms with van der Waals surface area (Å²) in [5, 5.41) is 3.01. The summed E-state index contributed by atoms with van der Waals surface area (Å²) < 4.78 is 29.1. The van der Waals surface area contributed by atoms with Crippen molar-refractivity contribution in [3.63, 3.8) is 0 Å². The molecule has 0 spiro atoms. The van der Waals surface area contributed by atoms with E-state index >= 15 is 0 Å². The van der Waals surface area contributed by atoms with Crippen LogP contribution in [0.3, 0.4) is 0 Å². The Kier molecular flexibility index (Phi) is 10.5. The quantitative estimate of drug-likeness (QED) is 0.314. The molecular formula is C32H41N3O4S. The molecule has 0 aliphatic heterocycles. The topological polar surface area (TPSA) is 86.8 Å². The molecule has 0 saturated carbocycles. The average molecular weight is 564 g/mol. The van der Waals surface area contributed by atoms with Gasteiger partial charge in [-0.2, -0.15) is 0 Å². The number of hydrogen-bond donors (Lipinski definition) is 1. The van der Waals surface area contributed by atoms with E-state index in [2.05, 4.69) is 5.32 Å². The van der Waals surface area contributed by atoms with Crippen molar-refractivity contribution in [3.05, 3.63) is 95.1 Å². The summed E-state index contributed by atoms with van der Waals surface area (Å²) in [4.78, 5) is 29.2. The van der Waals surface area contributed by atoms with Crippen molar-refractivity contribution < 1.29 is 18.0 Å². The second kappa shape index (κ2) is 13.6. The van der Waals surface area contributed by atoms with Gasteiger partial charge in [-0.25, -0.2) is 8.42 Å². The van der Waals surface area contributed by atoms with Gasteiger partial charge in [0, 0.05) is 12.6 Å². The van der Waals surface area contributed by atoms with Crippen molar-refractivity contribution in [1.29, 1.82) is 0 Å². The van der Waals surface area contributed by atoms with Crippen molar-refractivity contribution in [2.45, 2.75) is 77.9 Å². The van der Waals surface area contributed by atoms with Gasteiger partial charge in [-0.3, -0.25) is 13.9 Å². The molecule has 0 radical (unpaired) electrons. The van der Waals surface area contributed by atoms with Gasteiger partial charge < -0.3 is 10.2 Å². The fourth-order valence-electron chi connectivity index (χ4n) is 4.67. The SMILES string of the molecule is CCC(C)NC(=O)C(CC)N(Cc1ccccc1C)C(=O)CN(c1cc(C)cc(C)c1)S(=O)(=O)c1ccccc1. The third kappa shape index (κ3) is 7.50. The predicted molar refractivity (Wildman–Crippen MR) is 161 cm³/mol. The Morgan fingerprint density at radius 2 is 1.45 bits per heavy atom. The molecule has 40 heavy (non-hydrogen) atoms. The third-order valence-corrected chi connectivity index (χ3v) is 8.88. The van der Waals surface area contributed by atoms with Crippen LogP contribution in [-0.4, -0.2) is 43.8 Å². The Morgan fingerprint density at radius 1 is 0.850 bits per heavy atom. The Morgan fingerprint density at radius 3 is 2.02 bits per heavy atom. The fraction of sp³-hybridized carbons (Fsp3) is 0.375. The van der Waals surface area contributed by atoms with Gasteiger partial charge in [0.2, 0.25) is 11.8 Å². The second-order valence-corrected chi connectivity index (χ2v) is 12.2. The van der Waals surface area contributed by atoms with Crippen LogP contribution in [-0.2, 0) is 26.2 Å². The van der Waals surface area contributed by atoms with E-state index in [-0.39, 0.29) is 23.4 Å². The highest BCUT2D eigenvalue weighted by molar-refractivity contribution is 7.92. The highest BCUT2D eigenvalue weighted by Crippen LogP contribution is 2.27. The number of rotatable bonds is 12. The molecule has 0 heterocycles. The molecule has 214 valence electrons. The number of hydrogen-bond acceptors (Lipinski definition) is 4. The van der Waals surface area contributed by atoms with Gasteiger partial charge in [0.1, 0.15) is 12.6 Å². The molecule has 0 fully saturated rings. The number of anilines is 1. The minimum Gasteiger partial charge on any atom is -0.352 e. The first-order valence-corrected chi connectivity index (χ1v) is 15.2. The molecule has 0 saturated heterocycles. The smallest absolute Gasteiger partial charge is 0.264 e. The van der Waals surface area contributed by atoms with Crippen molar-refractivity contribution >= 4 is 27.5 Å². The van der Waals surface area contributed by atoms with Crippen molar-refractivity contribution in [2.75, 3.05) is 10.8 Å². The maximum absolute atomic E-state index is 14.2. The first-order valence-electron chi connectivity index (χ1n) is 13.8. The number of carbonyl (C=O) groups is 2.